The molecular weight excluding hydrogens is 566 g/mol. The van der Waals surface area contributed by atoms with Gasteiger partial charge in [-0.15, -0.1) is 0 Å². The fourth-order valence-corrected chi connectivity index (χ4v) is 5.70. The van der Waals surface area contributed by atoms with Crippen LogP contribution in [0.15, 0.2) is 138 Å². The lowest BCUT2D eigenvalue weighted by Gasteiger charge is -2.11. The van der Waals surface area contributed by atoms with Gasteiger partial charge < -0.3 is 10.1 Å². The monoisotopic (exact) mass is 597 g/mol. The first-order valence-electron chi connectivity index (χ1n) is 14.6. The molecular formula is C38H32FN3OS. The van der Waals surface area contributed by atoms with Gasteiger partial charge >= 0.3 is 0 Å². The predicted octanol–water partition coefficient (Wildman–Crippen LogP) is 10.6. The van der Waals surface area contributed by atoms with Gasteiger partial charge in [0.2, 0.25) is 0 Å². The largest absolute Gasteiger partial charge is 0.457 e. The van der Waals surface area contributed by atoms with E-state index < -0.39 is 0 Å². The van der Waals surface area contributed by atoms with Crippen LogP contribution in [-0.2, 0) is 6.54 Å². The van der Waals surface area contributed by atoms with E-state index in [1.165, 1.54) is 29.0 Å². The highest BCUT2D eigenvalue weighted by molar-refractivity contribution is 7.19. The molecule has 0 radical (unpaired) electrons. The summed E-state index contributed by atoms with van der Waals surface area (Å²) in [5, 5.41) is 5.26. The number of nitrogens with one attached hydrogen (secondary N) is 1. The molecule has 1 aromatic heterocycles. The maximum absolute atomic E-state index is 13.6. The Hall–Kier alpha value is -5.07. The van der Waals surface area contributed by atoms with Crippen LogP contribution in [0.5, 0.6) is 11.5 Å². The quantitative estimate of drug-likeness (QED) is 0.133. The van der Waals surface area contributed by atoms with Gasteiger partial charge in [0, 0.05) is 16.7 Å². The Kier molecular flexibility index (Phi) is 8.90. The van der Waals surface area contributed by atoms with E-state index >= 15 is 0 Å². The molecule has 44 heavy (non-hydrogen) atoms. The first-order chi connectivity index (χ1) is 21.5. The van der Waals surface area contributed by atoms with E-state index in [0.717, 1.165) is 55.3 Å². The summed E-state index contributed by atoms with van der Waals surface area (Å²) < 4.78 is 19.7. The van der Waals surface area contributed by atoms with Gasteiger partial charge in [-0.1, -0.05) is 110 Å². The van der Waals surface area contributed by atoms with Gasteiger partial charge in [0.05, 0.1) is 6.54 Å². The third-order valence-electron chi connectivity index (χ3n) is 7.17. The summed E-state index contributed by atoms with van der Waals surface area (Å²) in [6.45, 7) is 4.84. The molecule has 5 aromatic carbocycles. The zero-order valence-corrected chi connectivity index (χ0v) is 25.4. The lowest BCUT2D eigenvalue weighted by Crippen LogP contribution is -2.14. The Bertz CT molecular complexity index is 1830. The first kappa shape index (κ1) is 29.0. The molecule has 6 aromatic rings. The minimum absolute atomic E-state index is 0.273. The second kappa shape index (κ2) is 13.5. The van der Waals surface area contributed by atoms with Gasteiger partial charge in [0.25, 0.3) is 0 Å². The van der Waals surface area contributed by atoms with Crippen molar-refractivity contribution < 1.29 is 9.13 Å². The third-order valence-corrected chi connectivity index (χ3v) is 8.19. The average molecular weight is 598 g/mol. The van der Waals surface area contributed by atoms with Crippen molar-refractivity contribution in [3.63, 3.8) is 0 Å². The van der Waals surface area contributed by atoms with Crippen LogP contribution < -0.4 is 10.1 Å². The fraction of sp³-hybridized carbons (Fsp3) is 0.105. The fourth-order valence-electron chi connectivity index (χ4n) is 4.71. The molecule has 0 aliphatic heterocycles. The van der Waals surface area contributed by atoms with Crippen molar-refractivity contribution in [1.29, 1.82) is 0 Å². The van der Waals surface area contributed by atoms with Crippen LogP contribution in [0.25, 0.3) is 21.8 Å². The molecule has 0 fully saturated rings. The number of aliphatic imine (C=N–C) groups is 1. The van der Waals surface area contributed by atoms with E-state index in [1.807, 2.05) is 97.1 Å². The summed E-state index contributed by atoms with van der Waals surface area (Å²) >= 11 is 1.52. The number of hydrogen-bond acceptors (Lipinski definition) is 4. The van der Waals surface area contributed by atoms with Gasteiger partial charge in [-0.05, 0) is 65.6 Å². The third kappa shape index (κ3) is 7.10. The molecule has 6 heteroatoms. The van der Waals surface area contributed by atoms with E-state index in [2.05, 4.69) is 31.3 Å². The molecule has 218 valence electrons. The molecule has 1 N–H and O–H groups in total. The average Bonchev–Trinajstić information content (AvgIpc) is 3.49. The van der Waals surface area contributed by atoms with E-state index in [-0.39, 0.29) is 5.82 Å². The number of hydrogen-bond donors (Lipinski definition) is 1. The maximum Gasteiger partial charge on any atom is 0.133 e. The number of aromatic nitrogens is 1. The summed E-state index contributed by atoms with van der Waals surface area (Å²) in [6.07, 6.45) is 0. The van der Waals surface area contributed by atoms with Crippen molar-refractivity contribution in [1.82, 2.24) is 4.98 Å². The molecule has 0 atom stereocenters. The predicted molar refractivity (Wildman–Crippen MR) is 180 cm³/mol. The second-order valence-electron chi connectivity index (χ2n) is 10.7. The molecule has 0 aliphatic rings. The molecule has 0 bridgehead atoms. The number of nitrogens with zero attached hydrogens (tertiary/aromatic N) is 2. The van der Waals surface area contributed by atoms with Crippen LogP contribution >= 0.6 is 11.3 Å². The summed E-state index contributed by atoms with van der Waals surface area (Å²) in [5.74, 6) is 2.54. The lowest BCUT2D eigenvalue weighted by molar-refractivity contribution is 0.482. The van der Waals surface area contributed by atoms with Crippen LogP contribution in [-0.4, -0.2) is 10.8 Å². The van der Waals surface area contributed by atoms with Crippen molar-refractivity contribution in [3.8, 4) is 33.3 Å². The van der Waals surface area contributed by atoms with E-state index in [9.17, 15) is 4.39 Å². The topological polar surface area (TPSA) is 46.5 Å². The number of benzene rings is 5. The summed E-state index contributed by atoms with van der Waals surface area (Å²) in [6, 6.07) is 42.8. The Balaban J connectivity index is 1.26. The standard InChI is InChI=1S/C38H32FN3OS/c1-26(2)28-17-23-34(24-18-28)43-33-21-13-27(14-22-33)25-40-36(30-11-7-4-8-12-30)42-38-35(29-9-5-3-6-10-29)41-37(44-38)31-15-19-32(39)20-16-31/h3-24,26H,25H2,1-2H3,(H,40,42). The van der Waals surface area contributed by atoms with E-state index in [0.29, 0.717) is 12.5 Å². The number of amidine groups is 1. The molecule has 0 saturated heterocycles. The minimum atomic E-state index is -0.273. The summed E-state index contributed by atoms with van der Waals surface area (Å²) in [5.41, 5.74) is 5.98. The number of thiazole rings is 1. The highest BCUT2D eigenvalue weighted by atomic mass is 32.1. The van der Waals surface area contributed by atoms with Gasteiger partial charge in [0.15, 0.2) is 0 Å². The summed E-state index contributed by atoms with van der Waals surface area (Å²) in [7, 11) is 0. The molecule has 0 aliphatic carbocycles. The van der Waals surface area contributed by atoms with Crippen molar-refractivity contribution >= 4 is 22.2 Å². The molecule has 6 rings (SSSR count). The number of halogens is 1. The Labute approximate surface area is 261 Å². The smallest absolute Gasteiger partial charge is 0.133 e. The van der Waals surface area contributed by atoms with Crippen molar-refractivity contribution in [2.45, 2.75) is 26.3 Å². The van der Waals surface area contributed by atoms with E-state index in [4.69, 9.17) is 14.7 Å². The molecule has 0 spiro atoms. The molecule has 0 amide bonds. The first-order valence-corrected chi connectivity index (χ1v) is 15.4. The van der Waals surface area contributed by atoms with Crippen molar-refractivity contribution in [2.24, 2.45) is 4.99 Å². The Morgan fingerprint density at radius 3 is 2.00 bits per heavy atom. The summed E-state index contributed by atoms with van der Waals surface area (Å²) in [4.78, 5) is 9.99. The van der Waals surface area contributed by atoms with E-state index in [1.54, 1.807) is 12.1 Å². The SMILES string of the molecule is CC(C)c1ccc(Oc2ccc(CN=C(Nc3sc(-c4ccc(F)cc4)nc3-c3ccccc3)c3ccccc3)cc2)cc1. The van der Waals surface area contributed by atoms with Crippen LogP contribution in [0.1, 0.15) is 36.5 Å². The minimum Gasteiger partial charge on any atom is -0.457 e. The zero-order chi connectivity index (χ0) is 30.3. The molecule has 0 saturated carbocycles. The van der Waals surface area contributed by atoms with Crippen molar-refractivity contribution in [2.75, 3.05) is 5.32 Å². The number of ether oxygens (including phenoxy) is 1. The van der Waals surface area contributed by atoms with Gasteiger partial charge in [0.1, 0.15) is 38.9 Å². The molecule has 1 heterocycles. The Morgan fingerprint density at radius 2 is 1.36 bits per heavy atom. The highest BCUT2D eigenvalue weighted by Gasteiger charge is 2.17. The molecule has 4 nitrogen and oxygen atoms in total. The zero-order valence-electron chi connectivity index (χ0n) is 24.6. The molecule has 0 unspecified atom stereocenters. The van der Waals surface area contributed by atoms with Crippen LogP contribution in [0.2, 0.25) is 0 Å². The van der Waals surface area contributed by atoms with Crippen molar-refractivity contribution in [3.05, 3.63) is 156 Å². The maximum atomic E-state index is 13.6. The lowest BCUT2D eigenvalue weighted by atomic mass is 10.0. The van der Waals surface area contributed by atoms with Crippen LogP contribution in [0.4, 0.5) is 9.39 Å². The Morgan fingerprint density at radius 1 is 0.750 bits per heavy atom. The normalized spacial score (nSPS) is 11.5. The van der Waals surface area contributed by atoms with Gasteiger partial charge in [-0.2, -0.15) is 0 Å². The van der Waals surface area contributed by atoms with Gasteiger partial charge in [-0.3, -0.25) is 4.99 Å². The highest BCUT2D eigenvalue weighted by Crippen LogP contribution is 2.38. The van der Waals surface area contributed by atoms with Gasteiger partial charge in [-0.25, -0.2) is 9.37 Å². The second-order valence-corrected chi connectivity index (χ2v) is 11.7. The number of anilines is 1. The number of rotatable bonds is 9. The van der Waals surface area contributed by atoms with Crippen LogP contribution in [0.3, 0.4) is 0 Å². The van der Waals surface area contributed by atoms with Crippen LogP contribution in [0, 0.1) is 5.82 Å².